The van der Waals surface area contributed by atoms with E-state index in [1.54, 1.807) is 23.9 Å². The van der Waals surface area contributed by atoms with Crippen molar-refractivity contribution in [2.45, 2.75) is 13.2 Å². The third-order valence-corrected chi connectivity index (χ3v) is 5.35. The summed E-state index contributed by atoms with van der Waals surface area (Å²) in [6, 6.07) is 16.3. The number of ether oxygens (including phenoxy) is 1. The quantitative estimate of drug-likeness (QED) is 0.470. The fourth-order valence-electron chi connectivity index (χ4n) is 3.97. The third kappa shape index (κ3) is 3.30. The SMILES string of the molecule is COCc1nc2c(N)nc3ccccc3c2n1Cc1cc(-c2ccc(F)cc2)n(C)n1. The van der Waals surface area contributed by atoms with E-state index in [1.807, 2.05) is 37.4 Å². The highest BCUT2D eigenvalue weighted by Gasteiger charge is 2.19. The van der Waals surface area contributed by atoms with Gasteiger partial charge in [-0.2, -0.15) is 5.10 Å². The first-order valence-electron chi connectivity index (χ1n) is 9.86. The van der Waals surface area contributed by atoms with Crippen LogP contribution in [0.4, 0.5) is 10.2 Å². The Bertz CT molecular complexity index is 1400. The van der Waals surface area contributed by atoms with Crippen LogP contribution in [0, 0.1) is 5.82 Å². The van der Waals surface area contributed by atoms with Gasteiger partial charge in [0.25, 0.3) is 0 Å². The number of aryl methyl sites for hydroxylation is 1. The summed E-state index contributed by atoms with van der Waals surface area (Å²) in [5.74, 6) is 0.868. The average molecular weight is 416 g/mol. The molecule has 0 saturated heterocycles. The van der Waals surface area contributed by atoms with Crippen LogP contribution in [0.3, 0.4) is 0 Å². The molecule has 0 amide bonds. The second-order valence-electron chi connectivity index (χ2n) is 7.41. The van der Waals surface area contributed by atoms with Gasteiger partial charge in [-0.3, -0.25) is 4.68 Å². The van der Waals surface area contributed by atoms with Gasteiger partial charge in [0.05, 0.1) is 29.0 Å². The maximum atomic E-state index is 13.3. The number of pyridine rings is 1. The van der Waals surface area contributed by atoms with Crippen LogP contribution >= 0.6 is 0 Å². The van der Waals surface area contributed by atoms with E-state index < -0.39 is 0 Å². The summed E-state index contributed by atoms with van der Waals surface area (Å²) >= 11 is 0. The molecule has 0 spiro atoms. The number of fused-ring (bicyclic) bond motifs is 3. The number of methoxy groups -OCH3 is 1. The van der Waals surface area contributed by atoms with Crippen molar-refractivity contribution in [3.8, 4) is 11.3 Å². The molecule has 156 valence electrons. The molecule has 2 aromatic carbocycles. The van der Waals surface area contributed by atoms with Gasteiger partial charge in [0.1, 0.15) is 23.8 Å². The van der Waals surface area contributed by atoms with Crippen molar-refractivity contribution in [3.63, 3.8) is 0 Å². The monoisotopic (exact) mass is 416 g/mol. The molecule has 7 nitrogen and oxygen atoms in total. The van der Waals surface area contributed by atoms with E-state index in [0.29, 0.717) is 24.5 Å². The molecule has 0 aliphatic heterocycles. The molecular formula is C23H21FN6O. The highest BCUT2D eigenvalue weighted by atomic mass is 19.1. The molecule has 5 rings (SSSR count). The molecule has 2 N–H and O–H groups in total. The number of benzene rings is 2. The Morgan fingerprint density at radius 1 is 1.06 bits per heavy atom. The van der Waals surface area contributed by atoms with Crippen LogP contribution in [0.15, 0.2) is 54.6 Å². The molecule has 31 heavy (non-hydrogen) atoms. The van der Waals surface area contributed by atoms with Gasteiger partial charge < -0.3 is 15.0 Å². The number of nitrogen functional groups attached to an aromatic ring is 1. The van der Waals surface area contributed by atoms with Crippen LogP contribution in [-0.4, -0.2) is 31.4 Å². The van der Waals surface area contributed by atoms with Gasteiger partial charge in [-0.25, -0.2) is 14.4 Å². The first kappa shape index (κ1) is 19.2. The molecule has 3 aromatic heterocycles. The first-order valence-corrected chi connectivity index (χ1v) is 9.86. The van der Waals surface area contributed by atoms with Crippen LogP contribution < -0.4 is 5.73 Å². The Kier molecular flexibility index (Phi) is 4.63. The fourth-order valence-corrected chi connectivity index (χ4v) is 3.97. The minimum absolute atomic E-state index is 0.265. The zero-order valence-corrected chi connectivity index (χ0v) is 17.2. The number of nitrogens with zero attached hydrogens (tertiary/aromatic N) is 5. The van der Waals surface area contributed by atoms with Crippen LogP contribution in [0.5, 0.6) is 0 Å². The normalized spacial score (nSPS) is 11.6. The summed E-state index contributed by atoms with van der Waals surface area (Å²) in [6.45, 7) is 0.817. The first-order chi connectivity index (χ1) is 15.0. The second-order valence-corrected chi connectivity index (χ2v) is 7.41. The number of halogens is 1. The lowest BCUT2D eigenvalue weighted by Crippen LogP contribution is -2.07. The number of nitrogens with two attached hydrogens (primary N) is 1. The van der Waals surface area contributed by atoms with E-state index in [-0.39, 0.29) is 5.82 Å². The molecule has 0 atom stereocenters. The van der Waals surface area contributed by atoms with Crippen LogP contribution in [0.2, 0.25) is 0 Å². The van der Waals surface area contributed by atoms with Gasteiger partial charge in [-0.05, 0) is 42.0 Å². The zero-order valence-electron chi connectivity index (χ0n) is 17.2. The summed E-state index contributed by atoms with van der Waals surface area (Å²) < 4.78 is 22.6. The maximum Gasteiger partial charge on any atom is 0.152 e. The van der Waals surface area contributed by atoms with Gasteiger partial charge in [0.15, 0.2) is 5.82 Å². The van der Waals surface area contributed by atoms with Crippen LogP contribution in [0.25, 0.3) is 33.2 Å². The molecule has 3 heterocycles. The van der Waals surface area contributed by atoms with E-state index in [0.717, 1.165) is 39.2 Å². The second kappa shape index (κ2) is 7.48. The zero-order chi connectivity index (χ0) is 21.5. The minimum atomic E-state index is -0.265. The molecule has 8 heteroatoms. The number of rotatable bonds is 5. The Hall–Kier alpha value is -3.78. The number of anilines is 1. The van der Waals surface area contributed by atoms with Gasteiger partial charge in [0, 0.05) is 19.5 Å². The fraction of sp³-hybridized carbons (Fsp3) is 0.174. The molecule has 0 fully saturated rings. The van der Waals surface area contributed by atoms with Crippen LogP contribution in [-0.2, 0) is 24.9 Å². The Balaban J connectivity index is 1.66. The van der Waals surface area contributed by atoms with Gasteiger partial charge >= 0.3 is 0 Å². The van der Waals surface area contributed by atoms with E-state index in [4.69, 9.17) is 15.5 Å². The van der Waals surface area contributed by atoms with E-state index in [1.165, 1.54) is 12.1 Å². The van der Waals surface area contributed by atoms with Gasteiger partial charge in [-0.15, -0.1) is 0 Å². The molecule has 0 radical (unpaired) electrons. The summed E-state index contributed by atoms with van der Waals surface area (Å²) in [4.78, 5) is 9.22. The topological polar surface area (TPSA) is 83.8 Å². The lowest BCUT2D eigenvalue weighted by Gasteiger charge is -2.09. The van der Waals surface area contributed by atoms with Crippen molar-refractivity contribution in [3.05, 3.63) is 71.9 Å². The minimum Gasteiger partial charge on any atom is -0.382 e. The highest BCUT2D eigenvalue weighted by Crippen LogP contribution is 2.30. The Morgan fingerprint density at radius 3 is 2.61 bits per heavy atom. The number of aromatic nitrogens is 5. The Labute approximate surface area is 177 Å². The van der Waals surface area contributed by atoms with Crippen molar-refractivity contribution < 1.29 is 9.13 Å². The average Bonchev–Trinajstić information content (AvgIpc) is 3.30. The van der Waals surface area contributed by atoms with Crippen molar-refractivity contribution in [1.82, 2.24) is 24.3 Å². The van der Waals surface area contributed by atoms with E-state index in [9.17, 15) is 4.39 Å². The van der Waals surface area contributed by atoms with Crippen molar-refractivity contribution >= 4 is 27.8 Å². The molecule has 0 saturated carbocycles. The number of hydrogen-bond donors (Lipinski definition) is 1. The predicted octanol–water partition coefficient (Wildman–Crippen LogP) is 3.90. The maximum absolute atomic E-state index is 13.3. The molecular weight excluding hydrogens is 395 g/mol. The van der Waals surface area contributed by atoms with Gasteiger partial charge in [-0.1, -0.05) is 18.2 Å². The number of hydrogen-bond acceptors (Lipinski definition) is 5. The standard InChI is InChI=1S/C23H21FN6O/c1-29-19(14-7-9-15(24)10-8-14)11-16(28-29)12-30-20(13-31-2)27-21-22(30)17-5-3-4-6-18(17)26-23(21)25/h3-11H,12-13H2,1-2H3,(H2,25,26). The van der Waals surface area contributed by atoms with E-state index in [2.05, 4.69) is 14.6 Å². The van der Waals surface area contributed by atoms with Gasteiger partial charge in [0.2, 0.25) is 0 Å². The summed E-state index contributed by atoms with van der Waals surface area (Å²) in [7, 11) is 3.51. The van der Waals surface area contributed by atoms with Crippen LogP contribution in [0.1, 0.15) is 11.5 Å². The summed E-state index contributed by atoms with van der Waals surface area (Å²) in [5.41, 5.74) is 11.2. The predicted molar refractivity (Wildman–Crippen MR) is 118 cm³/mol. The lowest BCUT2D eigenvalue weighted by molar-refractivity contribution is 0.175. The highest BCUT2D eigenvalue weighted by molar-refractivity contribution is 6.06. The van der Waals surface area contributed by atoms with Crippen molar-refractivity contribution in [2.24, 2.45) is 7.05 Å². The lowest BCUT2D eigenvalue weighted by atomic mass is 10.1. The molecule has 5 aromatic rings. The molecule has 0 bridgehead atoms. The summed E-state index contributed by atoms with van der Waals surface area (Å²) in [5, 5.41) is 5.65. The summed E-state index contributed by atoms with van der Waals surface area (Å²) in [6.07, 6.45) is 0. The van der Waals surface area contributed by atoms with Crippen molar-refractivity contribution in [1.29, 1.82) is 0 Å². The van der Waals surface area contributed by atoms with E-state index >= 15 is 0 Å². The number of imidazole rings is 1. The molecule has 0 aliphatic carbocycles. The third-order valence-electron chi connectivity index (χ3n) is 5.35. The smallest absolute Gasteiger partial charge is 0.152 e. The Morgan fingerprint density at radius 2 is 1.84 bits per heavy atom. The molecule has 0 unspecified atom stereocenters. The number of para-hydroxylation sites is 1. The van der Waals surface area contributed by atoms with Crippen molar-refractivity contribution in [2.75, 3.05) is 12.8 Å². The molecule has 0 aliphatic rings. The largest absolute Gasteiger partial charge is 0.382 e.